The second kappa shape index (κ2) is 4.61. The second-order valence-electron chi connectivity index (χ2n) is 3.59. The summed E-state index contributed by atoms with van der Waals surface area (Å²) in [5.41, 5.74) is 8.77. The molecule has 0 radical (unpaired) electrons. The molecule has 78 valence electrons. The van der Waals surface area contributed by atoms with Crippen LogP contribution in [0.4, 0.5) is 0 Å². The van der Waals surface area contributed by atoms with Gasteiger partial charge in [0, 0.05) is 0 Å². The molecule has 0 saturated carbocycles. The van der Waals surface area contributed by atoms with Gasteiger partial charge >= 0.3 is 0 Å². The highest BCUT2D eigenvalue weighted by Gasteiger charge is 2.03. The van der Waals surface area contributed by atoms with E-state index in [4.69, 9.17) is 11.0 Å². The van der Waals surface area contributed by atoms with Gasteiger partial charge < -0.3 is 5.73 Å². The molecule has 2 aromatic rings. The molecule has 0 saturated heterocycles. The van der Waals surface area contributed by atoms with Gasteiger partial charge in [0.05, 0.1) is 6.07 Å². The van der Waals surface area contributed by atoms with E-state index >= 15 is 0 Å². The third kappa shape index (κ3) is 2.10. The number of nitrogens with two attached hydrogens (primary N) is 1. The molecule has 16 heavy (non-hydrogen) atoms. The van der Waals surface area contributed by atoms with Gasteiger partial charge in [-0.3, -0.25) is 0 Å². The van der Waals surface area contributed by atoms with Gasteiger partial charge in [0.15, 0.2) is 0 Å². The Bertz CT molecular complexity index is 495. The molecule has 0 aliphatic rings. The minimum atomic E-state index is -0.537. The third-order valence-electron chi connectivity index (χ3n) is 2.52. The van der Waals surface area contributed by atoms with Gasteiger partial charge in [-0.05, 0) is 16.7 Å². The summed E-state index contributed by atoms with van der Waals surface area (Å²) in [6.45, 7) is 0. The number of hydrogen-bond donors (Lipinski definition) is 1. The Morgan fingerprint density at radius 2 is 1.44 bits per heavy atom. The summed E-state index contributed by atoms with van der Waals surface area (Å²) in [6, 6.07) is 19.4. The van der Waals surface area contributed by atoms with Gasteiger partial charge in [-0.15, -0.1) is 0 Å². The van der Waals surface area contributed by atoms with E-state index in [2.05, 4.69) is 12.1 Å². The topological polar surface area (TPSA) is 49.8 Å². The standard InChI is InChI=1S/C14H12N2/c15-10-14(16)13-8-6-12(7-9-13)11-4-2-1-3-5-11/h1-9,14H,16H2/t14-/m1/s1. The Morgan fingerprint density at radius 1 is 0.875 bits per heavy atom. The molecule has 0 aromatic heterocycles. The molecule has 0 aliphatic heterocycles. The average Bonchev–Trinajstić information content (AvgIpc) is 2.39. The monoisotopic (exact) mass is 208 g/mol. The van der Waals surface area contributed by atoms with E-state index in [0.717, 1.165) is 11.1 Å². The fourth-order valence-corrected chi connectivity index (χ4v) is 1.59. The van der Waals surface area contributed by atoms with Crippen LogP contribution in [0.25, 0.3) is 11.1 Å². The number of rotatable bonds is 2. The Balaban J connectivity index is 2.31. The quantitative estimate of drug-likeness (QED) is 0.825. The molecular weight excluding hydrogens is 196 g/mol. The van der Waals surface area contributed by atoms with Crippen molar-refractivity contribution in [2.45, 2.75) is 6.04 Å². The zero-order valence-corrected chi connectivity index (χ0v) is 8.80. The van der Waals surface area contributed by atoms with Gasteiger partial charge in [0.25, 0.3) is 0 Å². The molecule has 0 heterocycles. The van der Waals surface area contributed by atoms with E-state index < -0.39 is 6.04 Å². The predicted molar refractivity (Wildman–Crippen MR) is 64.4 cm³/mol. The van der Waals surface area contributed by atoms with Crippen molar-refractivity contribution in [2.24, 2.45) is 5.73 Å². The Morgan fingerprint density at radius 3 is 2.00 bits per heavy atom. The van der Waals surface area contributed by atoms with Crippen molar-refractivity contribution in [1.29, 1.82) is 5.26 Å². The average molecular weight is 208 g/mol. The fourth-order valence-electron chi connectivity index (χ4n) is 1.59. The number of hydrogen-bond acceptors (Lipinski definition) is 2. The third-order valence-corrected chi connectivity index (χ3v) is 2.52. The van der Waals surface area contributed by atoms with E-state index in [9.17, 15) is 0 Å². The van der Waals surface area contributed by atoms with Crippen molar-refractivity contribution in [2.75, 3.05) is 0 Å². The summed E-state index contributed by atoms with van der Waals surface area (Å²) in [4.78, 5) is 0. The van der Waals surface area contributed by atoms with Gasteiger partial charge in [-0.1, -0.05) is 54.6 Å². The van der Waals surface area contributed by atoms with Crippen LogP contribution in [0, 0.1) is 11.3 Å². The van der Waals surface area contributed by atoms with E-state index in [-0.39, 0.29) is 0 Å². The Labute approximate surface area is 95.0 Å². The minimum absolute atomic E-state index is 0.537. The first-order chi connectivity index (χ1) is 7.81. The molecule has 2 aromatic carbocycles. The van der Waals surface area contributed by atoms with Crippen LogP contribution in [0.3, 0.4) is 0 Å². The SMILES string of the molecule is N#C[C@@H](N)c1ccc(-c2ccccc2)cc1. The van der Waals surface area contributed by atoms with Gasteiger partial charge in [-0.2, -0.15) is 5.26 Å². The van der Waals surface area contributed by atoms with Crippen molar-refractivity contribution >= 4 is 0 Å². The van der Waals surface area contributed by atoms with Crippen molar-refractivity contribution in [1.82, 2.24) is 0 Å². The van der Waals surface area contributed by atoms with Crippen LogP contribution < -0.4 is 5.73 Å². The first-order valence-electron chi connectivity index (χ1n) is 5.12. The smallest absolute Gasteiger partial charge is 0.118 e. The maximum absolute atomic E-state index is 8.70. The Kier molecular flexibility index (Phi) is 3.00. The first kappa shape index (κ1) is 10.4. The predicted octanol–water partition coefficient (Wildman–Crippen LogP) is 2.88. The van der Waals surface area contributed by atoms with Crippen LogP contribution in [0.5, 0.6) is 0 Å². The molecule has 0 unspecified atom stereocenters. The van der Waals surface area contributed by atoms with Gasteiger partial charge in [0.2, 0.25) is 0 Å². The molecule has 2 rings (SSSR count). The minimum Gasteiger partial charge on any atom is -0.312 e. The number of benzene rings is 2. The van der Waals surface area contributed by atoms with E-state index in [1.165, 1.54) is 5.56 Å². The summed E-state index contributed by atoms with van der Waals surface area (Å²) in [6.07, 6.45) is 0. The van der Waals surface area contributed by atoms with E-state index in [1.54, 1.807) is 0 Å². The number of nitrogens with zero attached hydrogens (tertiary/aromatic N) is 1. The zero-order chi connectivity index (χ0) is 11.4. The van der Waals surface area contributed by atoms with Crippen molar-refractivity contribution in [3.05, 3.63) is 60.2 Å². The fraction of sp³-hybridized carbons (Fsp3) is 0.0714. The first-order valence-corrected chi connectivity index (χ1v) is 5.12. The lowest BCUT2D eigenvalue weighted by Gasteiger charge is -2.05. The molecule has 1 atom stereocenters. The van der Waals surface area contributed by atoms with Gasteiger partial charge in [0.1, 0.15) is 6.04 Å². The number of nitriles is 1. The highest BCUT2D eigenvalue weighted by Crippen LogP contribution is 2.20. The van der Waals surface area contributed by atoms with Crippen LogP contribution in [-0.4, -0.2) is 0 Å². The highest BCUT2D eigenvalue weighted by molar-refractivity contribution is 5.63. The molecule has 2 heteroatoms. The van der Waals surface area contributed by atoms with Crippen LogP contribution in [0.1, 0.15) is 11.6 Å². The van der Waals surface area contributed by atoms with E-state index in [0.29, 0.717) is 0 Å². The maximum Gasteiger partial charge on any atom is 0.118 e. The molecule has 0 fully saturated rings. The van der Waals surface area contributed by atoms with Crippen molar-refractivity contribution in [3.8, 4) is 17.2 Å². The van der Waals surface area contributed by atoms with Crippen LogP contribution in [0.15, 0.2) is 54.6 Å². The lowest BCUT2D eigenvalue weighted by molar-refractivity contribution is 0.926. The van der Waals surface area contributed by atoms with Crippen LogP contribution in [0.2, 0.25) is 0 Å². The Hall–Kier alpha value is -2.11. The van der Waals surface area contributed by atoms with Crippen LogP contribution in [-0.2, 0) is 0 Å². The second-order valence-corrected chi connectivity index (χ2v) is 3.59. The lowest BCUT2D eigenvalue weighted by Crippen LogP contribution is -2.06. The maximum atomic E-state index is 8.70. The lowest BCUT2D eigenvalue weighted by atomic mass is 10.0. The van der Waals surface area contributed by atoms with E-state index in [1.807, 2.05) is 48.5 Å². The molecule has 0 bridgehead atoms. The highest BCUT2D eigenvalue weighted by atomic mass is 14.6. The summed E-state index contributed by atoms with van der Waals surface area (Å²) >= 11 is 0. The van der Waals surface area contributed by atoms with Crippen molar-refractivity contribution < 1.29 is 0 Å². The summed E-state index contributed by atoms with van der Waals surface area (Å²) in [5.74, 6) is 0. The molecule has 2 N–H and O–H groups in total. The molecular formula is C14H12N2. The summed E-state index contributed by atoms with van der Waals surface area (Å²) in [5, 5.41) is 8.70. The summed E-state index contributed by atoms with van der Waals surface area (Å²) in [7, 11) is 0. The normalized spacial score (nSPS) is 11.8. The van der Waals surface area contributed by atoms with Crippen molar-refractivity contribution in [3.63, 3.8) is 0 Å². The molecule has 2 nitrogen and oxygen atoms in total. The molecule has 0 aliphatic carbocycles. The molecule has 0 amide bonds. The zero-order valence-electron chi connectivity index (χ0n) is 8.80. The largest absolute Gasteiger partial charge is 0.312 e. The van der Waals surface area contributed by atoms with Crippen LogP contribution >= 0.6 is 0 Å². The van der Waals surface area contributed by atoms with Gasteiger partial charge in [-0.25, -0.2) is 0 Å². The molecule has 0 spiro atoms. The summed E-state index contributed by atoms with van der Waals surface area (Å²) < 4.78 is 0.